The third-order valence-electron chi connectivity index (χ3n) is 5.36. The van der Waals surface area contributed by atoms with Crippen LogP contribution in [0.4, 0.5) is 5.82 Å². The number of carbonyl (C=O) groups is 1. The van der Waals surface area contributed by atoms with E-state index in [-0.39, 0.29) is 5.91 Å². The summed E-state index contributed by atoms with van der Waals surface area (Å²) in [5.41, 5.74) is 1.18. The lowest BCUT2D eigenvalue weighted by atomic mass is 9.94. The molecule has 4 rings (SSSR count). The van der Waals surface area contributed by atoms with E-state index in [9.17, 15) is 4.79 Å². The first-order valence-electron chi connectivity index (χ1n) is 9.32. The van der Waals surface area contributed by atoms with Crippen LogP contribution in [0.1, 0.15) is 37.3 Å². The van der Waals surface area contributed by atoms with Gasteiger partial charge in [-0.2, -0.15) is 5.10 Å². The maximum Gasteiger partial charge on any atom is 0.236 e. The summed E-state index contributed by atoms with van der Waals surface area (Å²) in [5, 5.41) is 14.4. The third kappa shape index (κ3) is 3.72. The van der Waals surface area contributed by atoms with Gasteiger partial charge in [0.05, 0.1) is 6.54 Å². The zero-order valence-corrected chi connectivity index (χ0v) is 14.3. The second-order valence-corrected chi connectivity index (χ2v) is 7.25. The summed E-state index contributed by atoms with van der Waals surface area (Å²) in [6, 6.07) is 2.77. The topological polar surface area (TPSA) is 76.3 Å². The van der Waals surface area contributed by atoms with Gasteiger partial charge in [0.1, 0.15) is 0 Å². The zero-order chi connectivity index (χ0) is 16.4. The molecular weight excluding hydrogens is 304 g/mol. The van der Waals surface area contributed by atoms with Crippen LogP contribution in [0.3, 0.4) is 0 Å². The fourth-order valence-corrected chi connectivity index (χ4v) is 3.68. The molecule has 132 valence electrons. The normalized spacial score (nSPS) is 25.1. The Morgan fingerprint density at radius 2 is 2.08 bits per heavy atom. The Morgan fingerprint density at radius 1 is 1.25 bits per heavy atom. The highest BCUT2D eigenvalue weighted by Crippen LogP contribution is 2.28. The van der Waals surface area contributed by atoms with Crippen LogP contribution in [0.25, 0.3) is 0 Å². The van der Waals surface area contributed by atoms with Gasteiger partial charge < -0.3 is 20.4 Å². The summed E-state index contributed by atoms with van der Waals surface area (Å²) in [4.78, 5) is 16.7. The molecule has 3 fully saturated rings. The number of rotatable bonds is 5. The molecule has 7 nitrogen and oxygen atoms in total. The number of likely N-dealkylation sites (tertiary alicyclic amines) is 1. The molecule has 3 heterocycles. The molecule has 3 N–H and O–H groups in total. The van der Waals surface area contributed by atoms with Gasteiger partial charge in [-0.15, -0.1) is 0 Å². The van der Waals surface area contributed by atoms with Gasteiger partial charge in [0.15, 0.2) is 5.82 Å². The van der Waals surface area contributed by atoms with Crippen LogP contribution >= 0.6 is 0 Å². The van der Waals surface area contributed by atoms with Gasteiger partial charge in [0.2, 0.25) is 5.91 Å². The molecule has 3 aliphatic rings. The molecule has 24 heavy (non-hydrogen) atoms. The van der Waals surface area contributed by atoms with Gasteiger partial charge in [-0.05, 0) is 25.7 Å². The molecule has 1 amide bonds. The number of hydrogen-bond acceptors (Lipinski definition) is 5. The SMILES string of the molecule is O=C(CNC1CC1)N1CCCC(c2cc(N3CCNCC3)n[nH]2)C1. The number of piperazine rings is 1. The van der Waals surface area contributed by atoms with E-state index in [0.717, 1.165) is 57.9 Å². The van der Waals surface area contributed by atoms with E-state index in [1.807, 2.05) is 4.90 Å². The largest absolute Gasteiger partial charge is 0.353 e. The average molecular weight is 332 g/mol. The Kier molecular flexibility index (Phi) is 4.71. The molecule has 1 unspecified atom stereocenters. The maximum absolute atomic E-state index is 12.4. The Balaban J connectivity index is 1.34. The first kappa shape index (κ1) is 15.9. The number of anilines is 1. The molecule has 0 aromatic carbocycles. The van der Waals surface area contributed by atoms with Crippen molar-refractivity contribution in [2.45, 2.75) is 37.6 Å². The standard InChI is InChI=1S/C17H28N6O/c24-17(11-19-14-3-4-14)23-7-1-2-13(12-23)15-10-16(21-20-15)22-8-5-18-6-9-22/h10,13-14,18-19H,1-9,11-12H2,(H,20,21). The lowest BCUT2D eigenvalue weighted by Crippen LogP contribution is -2.44. The van der Waals surface area contributed by atoms with Gasteiger partial charge in [-0.1, -0.05) is 0 Å². The van der Waals surface area contributed by atoms with Crippen LogP contribution in [0.2, 0.25) is 0 Å². The van der Waals surface area contributed by atoms with Crippen molar-refractivity contribution in [2.75, 3.05) is 50.7 Å². The van der Waals surface area contributed by atoms with Crippen LogP contribution in [-0.4, -0.2) is 72.9 Å². The van der Waals surface area contributed by atoms with Crippen molar-refractivity contribution in [3.8, 4) is 0 Å². The summed E-state index contributed by atoms with van der Waals surface area (Å²) in [6.45, 7) is 6.24. The molecule has 0 bridgehead atoms. The van der Waals surface area contributed by atoms with E-state index in [1.165, 1.54) is 18.5 Å². The van der Waals surface area contributed by atoms with E-state index in [4.69, 9.17) is 0 Å². The number of hydrogen-bond donors (Lipinski definition) is 3. The minimum Gasteiger partial charge on any atom is -0.353 e. The van der Waals surface area contributed by atoms with Crippen molar-refractivity contribution in [1.29, 1.82) is 0 Å². The molecule has 0 radical (unpaired) electrons. The molecular formula is C17H28N6O. The highest BCUT2D eigenvalue weighted by atomic mass is 16.2. The number of carbonyl (C=O) groups excluding carboxylic acids is 1. The molecule has 0 spiro atoms. The zero-order valence-electron chi connectivity index (χ0n) is 14.3. The van der Waals surface area contributed by atoms with Gasteiger partial charge in [-0.25, -0.2) is 0 Å². The van der Waals surface area contributed by atoms with Crippen molar-refractivity contribution in [2.24, 2.45) is 0 Å². The fourth-order valence-electron chi connectivity index (χ4n) is 3.68. The van der Waals surface area contributed by atoms with Crippen molar-refractivity contribution in [3.63, 3.8) is 0 Å². The highest BCUT2D eigenvalue weighted by molar-refractivity contribution is 5.78. The van der Waals surface area contributed by atoms with Crippen LogP contribution < -0.4 is 15.5 Å². The van der Waals surface area contributed by atoms with Crippen molar-refractivity contribution >= 4 is 11.7 Å². The fraction of sp³-hybridized carbons (Fsp3) is 0.765. The third-order valence-corrected chi connectivity index (χ3v) is 5.36. The first-order valence-corrected chi connectivity index (χ1v) is 9.32. The summed E-state index contributed by atoms with van der Waals surface area (Å²) < 4.78 is 0. The van der Waals surface area contributed by atoms with E-state index >= 15 is 0 Å². The first-order chi connectivity index (χ1) is 11.8. The molecule has 1 saturated carbocycles. The molecule has 1 aromatic rings. The number of nitrogens with zero attached hydrogens (tertiary/aromatic N) is 3. The van der Waals surface area contributed by atoms with Crippen LogP contribution in [-0.2, 0) is 4.79 Å². The molecule has 7 heteroatoms. The molecule has 1 aliphatic carbocycles. The minimum absolute atomic E-state index is 0.244. The molecule has 1 aromatic heterocycles. The Bertz CT molecular complexity index is 563. The summed E-state index contributed by atoms with van der Waals surface area (Å²) in [7, 11) is 0. The minimum atomic E-state index is 0.244. The highest BCUT2D eigenvalue weighted by Gasteiger charge is 2.28. The molecule has 2 aliphatic heterocycles. The average Bonchev–Trinajstić information content (AvgIpc) is 3.34. The maximum atomic E-state index is 12.4. The number of aromatic nitrogens is 2. The lowest BCUT2D eigenvalue weighted by molar-refractivity contribution is -0.131. The second-order valence-electron chi connectivity index (χ2n) is 7.25. The smallest absolute Gasteiger partial charge is 0.236 e. The van der Waals surface area contributed by atoms with Crippen LogP contribution in [0, 0.1) is 0 Å². The Labute approximate surface area is 143 Å². The number of amides is 1. The summed E-state index contributed by atoms with van der Waals surface area (Å²) in [5.74, 6) is 1.67. The van der Waals surface area contributed by atoms with Crippen molar-refractivity contribution in [3.05, 3.63) is 11.8 Å². The monoisotopic (exact) mass is 332 g/mol. The predicted molar refractivity (Wildman–Crippen MR) is 93.3 cm³/mol. The van der Waals surface area contributed by atoms with Crippen molar-refractivity contribution in [1.82, 2.24) is 25.7 Å². The molecule has 2 saturated heterocycles. The Hall–Kier alpha value is -1.60. The van der Waals surface area contributed by atoms with Gasteiger partial charge in [0.25, 0.3) is 0 Å². The summed E-state index contributed by atoms with van der Waals surface area (Å²) in [6.07, 6.45) is 4.64. The quantitative estimate of drug-likeness (QED) is 0.722. The summed E-state index contributed by atoms with van der Waals surface area (Å²) >= 11 is 0. The van der Waals surface area contributed by atoms with Gasteiger partial charge >= 0.3 is 0 Å². The van der Waals surface area contributed by atoms with E-state index in [2.05, 4.69) is 31.8 Å². The Morgan fingerprint density at radius 3 is 2.88 bits per heavy atom. The van der Waals surface area contributed by atoms with Gasteiger partial charge in [-0.3, -0.25) is 9.89 Å². The van der Waals surface area contributed by atoms with E-state index < -0.39 is 0 Å². The second kappa shape index (κ2) is 7.11. The number of aromatic amines is 1. The molecule has 1 atom stereocenters. The van der Waals surface area contributed by atoms with Crippen molar-refractivity contribution < 1.29 is 4.79 Å². The lowest BCUT2D eigenvalue weighted by Gasteiger charge is -2.32. The van der Waals surface area contributed by atoms with Crippen LogP contribution in [0.15, 0.2) is 6.07 Å². The van der Waals surface area contributed by atoms with E-state index in [0.29, 0.717) is 18.5 Å². The van der Waals surface area contributed by atoms with Crippen LogP contribution in [0.5, 0.6) is 0 Å². The number of piperidine rings is 1. The number of H-pyrrole nitrogens is 1. The van der Waals surface area contributed by atoms with Gasteiger partial charge in [0, 0.05) is 63.0 Å². The van der Waals surface area contributed by atoms with E-state index in [1.54, 1.807) is 0 Å². The number of nitrogens with one attached hydrogen (secondary N) is 3. The predicted octanol–water partition coefficient (Wildman–Crippen LogP) is 0.277.